The normalized spacial score (nSPS) is 11.3. The largest absolute Gasteiger partial charge is 0.352 e. The molecule has 1 rings (SSSR count). The molecule has 0 radical (unpaired) electrons. The summed E-state index contributed by atoms with van der Waals surface area (Å²) in [6.45, 7) is 0.239. The lowest BCUT2D eigenvalue weighted by Crippen LogP contribution is -2.27. The van der Waals surface area contributed by atoms with E-state index in [1.807, 2.05) is 0 Å². The fourth-order valence-corrected chi connectivity index (χ4v) is 2.19. The number of benzene rings is 1. The average Bonchev–Trinajstić information content (AvgIpc) is 2.26. The van der Waals surface area contributed by atoms with E-state index in [9.17, 15) is 13.2 Å². The van der Waals surface area contributed by atoms with Crippen molar-refractivity contribution in [3.63, 3.8) is 0 Å². The molecule has 0 saturated carbocycles. The lowest BCUT2D eigenvalue weighted by Gasteiger charge is -2.05. The molecule has 1 amide bonds. The maximum atomic E-state index is 11.7. The Morgan fingerprint density at radius 3 is 2.67 bits per heavy atom. The zero-order valence-corrected chi connectivity index (χ0v) is 12.5. The highest BCUT2D eigenvalue weighted by atomic mass is 79.9. The number of nitrogens with one attached hydrogen (secondary N) is 1. The van der Waals surface area contributed by atoms with E-state index < -0.39 is 10.0 Å². The van der Waals surface area contributed by atoms with Crippen LogP contribution < -0.4 is 10.5 Å². The van der Waals surface area contributed by atoms with E-state index in [4.69, 9.17) is 16.7 Å². The minimum Gasteiger partial charge on any atom is -0.352 e. The fraction of sp³-hybridized carbons (Fsp3) is 0.300. The van der Waals surface area contributed by atoms with Crippen LogP contribution in [0.4, 0.5) is 0 Å². The molecular formula is C10H12BrClN2O3S. The van der Waals surface area contributed by atoms with Crippen LogP contribution in [0, 0.1) is 0 Å². The number of carbonyl (C=O) groups excluding carboxylic acids is 1. The van der Waals surface area contributed by atoms with Crippen LogP contribution in [-0.4, -0.2) is 26.6 Å². The van der Waals surface area contributed by atoms with Crippen LogP contribution in [0.5, 0.6) is 0 Å². The molecule has 18 heavy (non-hydrogen) atoms. The Morgan fingerprint density at radius 1 is 1.44 bits per heavy atom. The Labute approximate surface area is 119 Å². The van der Waals surface area contributed by atoms with E-state index in [1.165, 1.54) is 6.07 Å². The first-order valence-electron chi connectivity index (χ1n) is 5.03. The summed E-state index contributed by atoms with van der Waals surface area (Å²) in [7, 11) is -3.48. The van der Waals surface area contributed by atoms with Crippen LogP contribution in [-0.2, 0) is 10.0 Å². The third kappa shape index (κ3) is 5.34. The lowest BCUT2D eigenvalue weighted by molar-refractivity contribution is 0.0953. The zero-order chi connectivity index (χ0) is 13.8. The van der Waals surface area contributed by atoms with Gasteiger partial charge in [-0.3, -0.25) is 4.79 Å². The van der Waals surface area contributed by atoms with E-state index >= 15 is 0 Å². The number of rotatable bonds is 5. The molecule has 0 fully saturated rings. The summed E-state index contributed by atoms with van der Waals surface area (Å²) < 4.78 is 22.0. The van der Waals surface area contributed by atoms with Gasteiger partial charge in [0.1, 0.15) is 0 Å². The molecule has 0 spiro atoms. The molecule has 0 bridgehead atoms. The van der Waals surface area contributed by atoms with Crippen molar-refractivity contribution in [1.82, 2.24) is 5.32 Å². The summed E-state index contributed by atoms with van der Waals surface area (Å²) in [5.41, 5.74) is 0.416. The molecule has 100 valence electrons. The van der Waals surface area contributed by atoms with E-state index in [0.717, 1.165) is 0 Å². The quantitative estimate of drug-likeness (QED) is 0.785. The van der Waals surface area contributed by atoms with E-state index in [-0.39, 0.29) is 24.6 Å². The van der Waals surface area contributed by atoms with Gasteiger partial charge in [0, 0.05) is 16.6 Å². The third-order valence-electron chi connectivity index (χ3n) is 2.07. The first-order valence-corrected chi connectivity index (χ1v) is 7.92. The standard InChI is InChI=1S/C10H12BrClN2O3S/c11-8-3-2-7(6-9(8)12)10(15)14-4-1-5-18(13,16)17/h2-3,6H,1,4-5H2,(H,14,15)(H2,13,16,17). The van der Waals surface area contributed by atoms with Gasteiger partial charge in [-0.05, 0) is 40.5 Å². The molecule has 0 aliphatic rings. The van der Waals surface area contributed by atoms with Crippen LogP contribution in [0.25, 0.3) is 0 Å². The van der Waals surface area contributed by atoms with Crippen molar-refractivity contribution < 1.29 is 13.2 Å². The Bertz CT molecular complexity index is 548. The molecule has 0 aliphatic carbocycles. The lowest BCUT2D eigenvalue weighted by atomic mass is 10.2. The zero-order valence-electron chi connectivity index (χ0n) is 9.32. The van der Waals surface area contributed by atoms with Crippen LogP contribution in [0.3, 0.4) is 0 Å². The number of amides is 1. The van der Waals surface area contributed by atoms with Gasteiger partial charge >= 0.3 is 0 Å². The van der Waals surface area contributed by atoms with Gasteiger partial charge in [-0.1, -0.05) is 11.6 Å². The Kier molecular flexibility index (Phi) is 5.58. The summed E-state index contributed by atoms with van der Waals surface area (Å²) in [5, 5.41) is 7.86. The van der Waals surface area contributed by atoms with Crippen molar-refractivity contribution in [2.75, 3.05) is 12.3 Å². The van der Waals surface area contributed by atoms with Crippen molar-refractivity contribution in [3.05, 3.63) is 33.3 Å². The summed E-state index contributed by atoms with van der Waals surface area (Å²) in [4.78, 5) is 11.7. The first kappa shape index (κ1) is 15.4. The molecule has 0 aromatic heterocycles. The minimum absolute atomic E-state index is 0.158. The molecule has 8 heteroatoms. The second kappa shape index (κ2) is 6.51. The third-order valence-corrected chi connectivity index (χ3v) is 4.16. The predicted octanol–water partition coefficient (Wildman–Crippen LogP) is 1.51. The van der Waals surface area contributed by atoms with Gasteiger partial charge in [0.05, 0.1) is 10.8 Å². The predicted molar refractivity (Wildman–Crippen MR) is 74.1 cm³/mol. The maximum absolute atomic E-state index is 11.7. The number of hydrogen-bond donors (Lipinski definition) is 2. The molecule has 0 aliphatic heterocycles. The molecule has 1 aromatic rings. The SMILES string of the molecule is NS(=O)(=O)CCCNC(=O)c1ccc(Br)c(Cl)c1. The van der Waals surface area contributed by atoms with Crippen LogP contribution in [0.15, 0.2) is 22.7 Å². The second-order valence-corrected chi connectivity index (χ2v) is 6.60. The monoisotopic (exact) mass is 354 g/mol. The van der Waals surface area contributed by atoms with Gasteiger partial charge in [-0.25, -0.2) is 13.6 Å². The van der Waals surface area contributed by atoms with Crippen molar-refractivity contribution in [1.29, 1.82) is 0 Å². The number of sulfonamides is 1. The highest BCUT2D eigenvalue weighted by Gasteiger charge is 2.08. The summed E-state index contributed by atoms with van der Waals surface area (Å²) in [5.74, 6) is -0.465. The number of halogens is 2. The maximum Gasteiger partial charge on any atom is 0.251 e. The highest BCUT2D eigenvalue weighted by molar-refractivity contribution is 9.10. The number of primary sulfonamides is 1. The van der Waals surface area contributed by atoms with Gasteiger partial charge in [0.2, 0.25) is 10.0 Å². The van der Waals surface area contributed by atoms with Crippen LogP contribution in [0.2, 0.25) is 5.02 Å². The Hall–Kier alpha value is -0.630. The van der Waals surface area contributed by atoms with Crippen molar-refractivity contribution in [2.24, 2.45) is 5.14 Å². The van der Waals surface area contributed by atoms with Gasteiger partial charge < -0.3 is 5.32 Å². The Balaban J connectivity index is 2.48. The number of hydrogen-bond acceptors (Lipinski definition) is 3. The smallest absolute Gasteiger partial charge is 0.251 e. The molecule has 3 N–H and O–H groups in total. The highest BCUT2D eigenvalue weighted by Crippen LogP contribution is 2.23. The molecule has 1 aromatic carbocycles. The van der Waals surface area contributed by atoms with E-state index in [0.29, 0.717) is 15.1 Å². The van der Waals surface area contributed by atoms with E-state index in [1.54, 1.807) is 12.1 Å². The summed E-state index contributed by atoms with van der Waals surface area (Å²) in [6, 6.07) is 4.81. The fourth-order valence-electron chi connectivity index (χ4n) is 1.21. The van der Waals surface area contributed by atoms with Crippen molar-refractivity contribution >= 4 is 43.5 Å². The van der Waals surface area contributed by atoms with Crippen LogP contribution >= 0.6 is 27.5 Å². The topological polar surface area (TPSA) is 89.3 Å². The first-order chi connectivity index (χ1) is 8.29. The Morgan fingerprint density at radius 2 is 2.11 bits per heavy atom. The summed E-state index contributed by atoms with van der Waals surface area (Å²) >= 11 is 9.08. The molecule has 0 saturated heterocycles. The number of carbonyl (C=O) groups is 1. The molecule has 0 atom stereocenters. The van der Waals surface area contributed by atoms with Crippen molar-refractivity contribution in [3.8, 4) is 0 Å². The van der Waals surface area contributed by atoms with Gasteiger partial charge in [-0.2, -0.15) is 0 Å². The van der Waals surface area contributed by atoms with Gasteiger partial charge in [0.25, 0.3) is 5.91 Å². The minimum atomic E-state index is -3.48. The number of nitrogens with two attached hydrogens (primary N) is 1. The summed E-state index contributed by atoms with van der Waals surface area (Å²) in [6.07, 6.45) is 0.273. The van der Waals surface area contributed by atoms with Crippen LogP contribution in [0.1, 0.15) is 16.8 Å². The molecule has 5 nitrogen and oxygen atoms in total. The molecule has 0 unspecified atom stereocenters. The molecular weight excluding hydrogens is 344 g/mol. The van der Waals surface area contributed by atoms with Gasteiger partial charge in [0.15, 0.2) is 0 Å². The van der Waals surface area contributed by atoms with E-state index in [2.05, 4.69) is 21.2 Å². The average molecular weight is 356 g/mol. The molecule has 0 heterocycles. The van der Waals surface area contributed by atoms with Gasteiger partial charge in [-0.15, -0.1) is 0 Å². The second-order valence-electron chi connectivity index (χ2n) is 3.61. The van der Waals surface area contributed by atoms with Crippen molar-refractivity contribution in [2.45, 2.75) is 6.42 Å².